The molecule has 0 bridgehead atoms. The van der Waals surface area contributed by atoms with E-state index in [-0.39, 0.29) is 18.5 Å². The number of hydrogen-bond acceptors (Lipinski definition) is 5. The van der Waals surface area contributed by atoms with Gasteiger partial charge in [0.1, 0.15) is 0 Å². The third-order valence-electron chi connectivity index (χ3n) is 11.8. The van der Waals surface area contributed by atoms with Crippen molar-refractivity contribution in [3.63, 3.8) is 0 Å². The minimum atomic E-state index is -0.879. The smallest absolute Gasteiger partial charge is 0.305 e. The molecule has 0 aromatic rings. The first-order chi connectivity index (χ1) is 30.0. The lowest BCUT2D eigenvalue weighted by molar-refractivity contribution is -0.143. The summed E-state index contributed by atoms with van der Waals surface area (Å²) >= 11 is 0. The molecule has 3 N–H and O–H groups in total. The fourth-order valence-electron chi connectivity index (χ4n) is 7.74. The largest absolute Gasteiger partial charge is 0.466 e. The van der Waals surface area contributed by atoms with E-state index >= 15 is 0 Å². The van der Waals surface area contributed by atoms with Crippen LogP contribution in [0.1, 0.15) is 264 Å². The highest BCUT2D eigenvalue weighted by atomic mass is 16.5. The molecule has 0 aliphatic heterocycles. The van der Waals surface area contributed by atoms with E-state index in [0.717, 1.165) is 51.4 Å². The Kier molecular flexibility index (Phi) is 48.7. The number of aliphatic hydroxyl groups excluding tert-OH is 2. The second-order valence-electron chi connectivity index (χ2n) is 17.8. The molecule has 6 heteroatoms. The van der Waals surface area contributed by atoms with Crippen molar-refractivity contribution in [1.82, 2.24) is 5.32 Å². The number of unbranched alkanes of at least 4 members (excludes halogenated alkanes) is 31. The van der Waals surface area contributed by atoms with E-state index in [2.05, 4.69) is 49.5 Å². The van der Waals surface area contributed by atoms with Crippen molar-refractivity contribution in [2.75, 3.05) is 13.2 Å². The Hall–Kier alpha value is -2.18. The van der Waals surface area contributed by atoms with Crippen molar-refractivity contribution in [3.8, 4) is 0 Å². The molecule has 0 aromatic carbocycles. The van der Waals surface area contributed by atoms with Crippen LogP contribution in [0.15, 0.2) is 48.6 Å². The van der Waals surface area contributed by atoms with Crippen molar-refractivity contribution in [2.45, 2.75) is 276 Å². The van der Waals surface area contributed by atoms with E-state index in [1.165, 1.54) is 180 Å². The van der Waals surface area contributed by atoms with Crippen LogP contribution in [0.4, 0.5) is 0 Å². The van der Waals surface area contributed by atoms with Gasteiger partial charge in [-0.25, -0.2) is 0 Å². The monoisotopic (exact) mass is 856 g/mol. The highest BCUT2D eigenvalue weighted by molar-refractivity contribution is 5.76. The number of nitrogens with one attached hydrogen (secondary N) is 1. The van der Waals surface area contributed by atoms with Crippen molar-refractivity contribution < 1.29 is 24.5 Å². The summed E-state index contributed by atoms with van der Waals surface area (Å²) in [5, 5.41) is 22.9. The SMILES string of the molecule is CCCCCCCC/C=C\CCCCCCCCCCCC(=O)OCCCCCCCC/C=C\C/C=C\CCC(=O)NC(CO)C(O)/C=C/CCCCCCCCCCCC. The Bertz CT molecular complexity index is 1040. The molecule has 0 heterocycles. The molecule has 6 nitrogen and oxygen atoms in total. The number of rotatable bonds is 48. The summed E-state index contributed by atoms with van der Waals surface area (Å²) in [6.07, 6.45) is 62.7. The molecule has 0 aromatic heterocycles. The first kappa shape index (κ1) is 58.8. The van der Waals surface area contributed by atoms with E-state index in [0.29, 0.717) is 25.9 Å². The van der Waals surface area contributed by atoms with Gasteiger partial charge in [-0.15, -0.1) is 0 Å². The number of carbonyl (C=O) groups is 2. The fraction of sp³-hybridized carbons (Fsp3) is 0.818. The Balaban J connectivity index is 3.54. The maximum atomic E-state index is 12.4. The number of carbonyl (C=O) groups excluding carboxylic acids is 2. The average molecular weight is 856 g/mol. The lowest BCUT2D eigenvalue weighted by atomic mass is 10.1. The van der Waals surface area contributed by atoms with Crippen molar-refractivity contribution >= 4 is 11.9 Å². The van der Waals surface area contributed by atoms with Gasteiger partial charge in [-0.05, 0) is 77.0 Å². The molecular weight excluding hydrogens is 755 g/mol. The van der Waals surface area contributed by atoms with Gasteiger partial charge in [-0.2, -0.15) is 0 Å². The van der Waals surface area contributed by atoms with Crippen molar-refractivity contribution in [1.29, 1.82) is 0 Å². The lowest BCUT2D eigenvalue weighted by Gasteiger charge is -2.19. The molecule has 0 radical (unpaired) electrons. The second-order valence-corrected chi connectivity index (χ2v) is 17.8. The van der Waals surface area contributed by atoms with Gasteiger partial charge in [-0.1, -0.05) is 223 Å². The first-order valence-electron chi connectivity index (χ1n) is 26.4. The summed E-state index contributed by atoms with van der Waals surface area (Å²) in [6, 6.07) is -0.671. The van der Waals surface area contributed by atoms with Crippen LogP contribution < -0.4 is 5.32 Å². The zero-order valence-electron chi connectivity index (χ0n) is 40.4. The van der Waals surface area contributed by atoms with Crippen molar-refractivity contribution in [2.24, 2.45) is 0 Å². The number of amides is 1. The number of allylic oxidation sites excluding steroid dienone is 7. The van der Waals surface area contributed by atoms with Crippen LogP contribution in [0.25, 0.3) is 0 Å². The van der Waals surface area contributed by atoms with Crippen LogP contribution in [-0.2, 0) is 14.3 Å². The van der Waals surface area contributed by atoms with Crippen LogP contribution in [0.2, 0.25) is 0 Å². The minimum absolute atomic E-state index is 0.0199. The third-order valence-corrected chi connectivity index (χ3v) is 11.8. The van der Waals surface area contributed by atoms with Gasteiger partial charge < -0.3 is 20.3 Å². The van der Waals surface area contributed by atoms with Crippen LogP contribution >= 0.6 is 0 Å². The predicted molar refractivity (Wildman–Crippen MR) is 264 cm³/mol. The molecule has 1 amide bonds. The number of esters is 1. The van der Waals surface area contributed by atoms with Gasteiger partial charge in [-0.3, -0.25) is 9.59 Å². The van der Waals surface area contributed by atoms with Crippen LogP contribution in [0, 0.1) is 0 Å². The summed E-state index contributed by atoms with van der Waals surface area (Å²) in [5.41, 5.74) is 0. The molecule has 0 spiro atoms. The van der Waals surface area contributed by atoms with Crippen LogP contribution in [0.5, 0.6) is 0 Å². The van der Waals surface area contributed by atoms with E-state index in [9.17, 15) is 19.8 Å². The molecule has 0 saturated heterocycles. The molecular formula is C55H101NO5. The zero-order valence-corrected chi connectivity index (χ0v) is 40.4. The molecule has 0 rings (SSSR count). The van der Waals surface area contributed by atoms with Gasteiger partial charge in [0.15, 0.2) is 0 Å². The molecule has 356 valence electrons. The quantitative estimate of drug-likeness (QED) is 0.0322. The Labute approximate surface area is 378 Å². The topological polar surface area (TPSA) is 95.9 Å². The van der Waals surface area contributed by atoms with Crippen LogP contribution in [0.3, 0.4) is 0 Å². The molecule has 2 atom stereocenters. The van der Waals surface area contributed by atoms with Crippen LogP contribution in [-0.4, -0.2) is 47.4 Å². The average Bonchev–Trinajstić information content (AvgIpc) is 3.26. The summed E-state index contributed by atoms with van der Waals surface area (Å²) in [5.74, 6) is -0.170. The summed E-state index contributed by atoms with van der Waals surface area (Å²) in [6.45, 7) is 4.82. The minimum Gasteiger partial charge on any atom is -0.466 e. The summed E-state index contributed by atoms with van der Waals surface area (Å²) in [4.78, 5) is 24.4. The van der Waals surface area contributed by atoms with E-state index in [1.54, 1.807) is 6.08 Å². The van der Waals surface area contributed by atoms with E-state index in [4.69, 9.17) is 4.74 Å². The molecule has 0 aliphatic rings. The van der Waals surface area contributed by atoms with Gasteiger partial charge in [0.2, 0.25) is 5.91 Å². The van der Waals surface area contributed by atoms with Gasteiger partial charge in [0.25, 0.3) is 0 Å². The first-order valence-corrected chi connectivity index (χ1v) is 26.4. The lowest BCUT2D eigenvalue weighted by Crippen LogP contribution is -2.45. The standard InChI is InChI=1S/C55H101NO5/c1-3-5-7-9-11-13-15-17-18-19-20-21-22-25-29-33-37-41-45-49-55(60)61-50-46-42-38-34-30-26-23-24-28-32-36-40-44-48-54(59)56-52(51-57)53(58)47-43-39-35-31-27-16-14-12-10-8-6-4-2/h17-18,24,28,36,40,43,47,52-53,57-58H,3-16,19-23,25-27,29-35,37-39,41-42,44-46,48-51H2,1-2H3,(H,56,59)/b18-17-,28-24-,40-36-,47-43+. The second kappa shape index (κ2) is 50.5. The molecule has 0 aliphatic carbocycles. The predicted octanol–water partition coefficient (Wildman–Crippen LogP) is 15.8. The van der Waals surface area contributed by atoms with Gasteiger partial charge >= 0.3 is 5.97 Å². The van der Waals surface area contributed by atoms with Gasteiger partial charge in [0, 0.05) is 12.8 Å². The summed E-state index contributed by atoms with van der Waals surface area (Å²) in [7, 11) is 0. The number of ether oxygens (including phenoxy) is 1. The number of aliphatic hydroxyl groups is 2. The Morgan fingerprint density at radius 1 is 0.459 bits per heavy atom. The normalized spacial score (nSPS) is 13.0. The molecule has 0 saturated carbocycles. The maximum absolute atomic E-state index is 12.4. The molecule has 0 fully saturated rings. The highest BCUT2D eigenvalue weighted by Gasteiger charge is 2.17. The fourth-order valence-corrected chi connectivity index (χ4v) is 7.74. The Morgan fingerprint density at radius 2 is 0.836 bits per heavy atom. The maximum Gasteiger partial charge on any atom is 0.305 e. The summed E-state index contributed by atoms with van der Waals surface area (Å²) < 4.78 is 5.46. The number of hydrogen-bond donors (Lipinski definition) is 3. The van der Waals surface area contributed by atoms with Crippen molar-refractivity contribution in [3.05, 3.63) is 48.6 Å². The Morgan fingerprint density at radius 3 is 1.30 bits per heavy atom. The third kappa shape index (κ3) is 47.1. The van der Waals surface area contributed by atoms with Gasteiger partial charge in [0.05, 0.1) is 25.4 Å². The molecule has 2 unspecified atom stereocenters. The molecule has 61 heavy (non-hydrogen) atoms. The van der Waals surface area contributed by atoms with E-state index < -0.39 is 12.1 Å². The highest BCUT2D eigenvalue weighted by Crippen LogP contribution is 2.15. The zero-order chi connectivity index (χ0) is 44.4. The van der Waals surface area contributed by atoms with E-state index in [1.807, 2.05) is 12.2 Å².